The Balaban J connectivity index is 2.43. The second-order valence-corrected chi connectivity index (χ2v) is 8.61. The fourth-order valence-corrected chi connectivity index (χ4v) is 3.62. The van der Waals surface area contributed by atoms with Gasteiger partial charge >= 0.3 is 0 Å². The molecule has 0 aromatic heterocycles. The van der Waals surface area contributed by atoms with Gasteiger partial charge in [0, 0.05) is 17.0 Å². The van der Waals surface area contributed by atoms with E-state index in [-0.39, 0.29) is 27.7 Å². The molecule has 0 atom stereocenters. The molecule has 2 aromatic carbocycles. The largest absolute Gasteiger partial charge is 0.508 e. The van der Waals surface area contributed by atoms with Crippen molar-refractivity contribution in [3.8, 4) is 23.0 Å². The van der Waals surface area contributed by atoms with Crippen LogP contribution >= 0.6 is 11.6 Å². The molecule has 0 amide bonds. The molecule has 0 aliphatic rings. The zero-order valence-electron chi connectivity index (χ0n) is 18.3. The maximum atomic E-state index is 10.6. The Morgan fingerprint density at radius 3 is 2.20 bits per heavy atom. The van der Waals surface area contributed by atoms with Crippen molar-refractivity contribution >= 4 is 22.4 Å². The summed E-state index contributed by atoms with van der Waals surface area (Å²) in [5.41, 5.74) is 5.28. The van der Waals surface area contributed by atoms with E-state index in [2.05, 4.69) is 32.9 Å². The zero-order chi connectivity index (χ0) is 22.6. The number of aromatic hydroxyl groups is 4. The van der Waals surface area contributed by atoms with Gasteiger partial charge in [-0.25, -0.2) is 0 Å². The Labute approximate surface area is 183 Å². The molecule has 0 saturated carbocycles. The number of allylic oxidation sites excluding steroid dienone is 6. The normalized spacial score (nSPS) is 11.6. The van der Waals surface area contributed by atoms with E-state index in [4.69, 9.17) is 11.6 Å². The number of hydrogen-bond donors (Lipinski definition) is 4. The average Bonchev–Trinajstić information content (AvgIpc) is 2.64. The van der Waals surface area contributed by atoms with Gasteiger partial charge in [0.15, 0.2) is 0 Å². The first-order valence-electron chi connectivity index (χ1n) is 10.0. The van der Waals surface area contributed by atoms with E-state index < -0.39 is 5.75 Å². The molecule has 30 heavy (non-hydrogen) atoms. The Bertz CT molecular complexity index is 1040. The van der Waals surface area contributed by atoms with E-state index in [0.717, 1.165) is 30.1 Å². The van der Waals surface area contributed by atoms with Gasteiger partial charge in [0.2, 0.25) is 0 Å². The molecular formula is C25H31ClO4. The summed E-state index contributed by atoms with van der Waals surface area (Å²) in [5.74, 6) is -1.09. The van der Waals surface area contributed by atoms with E-state index >= 15 is 0 Å². The van der Waals surface area contributed by atoms with Gasteiger partial charge < -0.3 is 20.4 Å². The van der Waals surface area contributed by atoms with Crippen LogP contribution in [0, 0.1) is 0 Å². The number of benzene rings is 2. The summed E-state index contributed by atoms with van der Waals surface area (Å²) in [4.78, 5) is 0. The number of rotatable bonds is 7. The molecule has 2 aromatic rings. The molecular weight excluding hydrogens is 400 g/mol. The van der Waals surface area contributed by atoms with E-state index in [9.17, 15) is 20.4 Å². The van der Waals surface area contributed by atoms with Crippen molar-refractivity contribution in [3.63, 3.8) is 0 Å². The highest BCUT2D eigenvalue weighted by Crippen LogP contribution is 2.48. The van der Waals surface area contributed by atoms with Gasteiger partial charge in [0.1, 0.15) is 28.0 Å². The van der Waals surface area contributed by atoms with Crippen LogP contribution in [0.4, 0.5) is 0 Å². The molecule has 0 fully saturated rings. The summed E-state index contributed by atoms with van der Waals surface area (Å²) in [6.45, 7) is 10.3. The van der Waals surface area contributed by atoms with E-state index in [0.29, 0.717) is 23.8 Å². The minimum atomic E-state index is -0.404. The first-order valence-corrected chi connectivity index (χ1v) is 10.4. The quantitative estimate of drug-likeness (QED) is 0.348. The van der Waals surface area contributed by atoms with Gasteiger partial charge in [0.25, 0.3) is 0 Å². The van der Waals surface area contributed by atoms with Crippen molar-refractivity contribution in [1.29, 1.82) is 0 Å². The van der Waals surface area contributed by atoms with Gasteiger partial charge in [-0.15, -0.1) is 0 Å². The maximum absolute atomic E-state index is 10.6. The molecule has 4 nitrogen and oxygen atoms in total. The van der Waals surface area contributed by atoms with Crippen molar-refractivity contribution in [2.24, 2.45) is 0 Å². The Morgan fingerprint density at radius 2 is 1.60 bits per heavy atom. The fraction of sp³-hybridized carbons (Fsp3) is 0.360. The summed E-state index contributed by atoms with van der Waals surface area (Å²) in [5, 5.41) is 41.4. The average molecular weight is 431 g/mol. The summed E-state index contributed by atoms with van der Waals surface area (Å²) in [6.07, 6.45) is 7.51. The van der Waals surface area contributed by atoms with Crippen molar-refractivity contribution in [3.05, 3.63) is 57.2 Å². The Kier molecular flexibility index (Phi) is 7.85. The lowest BCUT2D eigenvalue weighted by atomic mass is 9.92. The molecule has 4 N–H and O–H groups in total. The van der Waals surface area contributed by atoms with Crippen molar-refractivity contribution in [2.45, 2.75) is 60.3 Å². The third-order valence-electron chi connectivity index (χ3n) is 5.25. The highest BCUT2D eigenvalue weighted by molar-refractivity contribution is 6.35. The number of fused-ring (bicyclic) bond motifs is 1. The van der Waals surface area contributed by atoms with Crippen LogP contribution in [0.1, 0.15) is 59.4 Å². The Morgan fingerprint density at radius 1 is 0.933 bits per heavy atom. The minimum absolute atomic E-state index is 0.118. The highest BCUT2D eigenvalue weighted by atomic mass is 35.5. The number of phenols is 4. The minimum Gasteiger partial charge on any atom is -0.508 e. The molecule has 0 aliphatic carbocycles. The van der Waals surface area contributed by atoms with E-state index in [1.54, 1.807) is 0 Å². The third-order valence-corrected chi connectivity index (χ3v) is 5.61. The van der Waals surface area contributed by atoms with E-state index in [1.165, 1.54) is 17.2 Å². The van der Waals surface area contributed by atoms with Crippen LogP contribution in [0.3, 0.4) is 0 Å². The molecule has 162 valence electrons. The lowest BCUT2D eigenvalue weighted by molar-refractivity contribution is 0.442. The molecule has 0 unspecified atom stereocenters. The first kappa shape index (κ1) is 23.7. The van der Waals surface area contributed by atoms with Crippen molar-refractivity contribution < 1.29 is 20.4 Å². The molecule has 0 bridgehead atoms. The predicted octanol–water partition coefficient (Wildman–Crippen LogP) is 7.28. The van der Waals surface area contributed by atoms with Gasteiger partial charge in [0.05, 0.1) is 5.39 Å². The zero-order valence-corrected chi connectivity index (χ0v) is 19.1. The molecule has 0 saturated heterocycles. The van der Waals surface area contributed by atoms with Gasteiger partial charge in [-0.3, -0.25) is 0 Å². The molecule has 0 aliphatic heterocycles. The molecule has 0 heterocycles. The lowest BCUT2D eigenvalue weighted by Gasteiger charge is -2.16. The van der Waals surface area contributed by atoms with Crippen LogP contribution in [0.5, 0.6) is 23.0 Å². The van der Waals surface area contributed by atoms with E-state index in [1.807, 2.05) is 13.8 Å². The van der Waals surface area contributed by atoms with Crippen LogP contribution in [-0.4, -0.2) is 20.4 Å². The van der Waals surface area contributed by atoms with Crippen molar-refractivity contribution in [2.75, 3.05) is 0 Å². The molecule has 2 rings (SSSR count). The van der Waals surface area contributed by atoms with Gasteiger partial charge in [-0.05, 0) is 66.4 Å². The van der Waals surface area contributed by atoms with Crippen LogP contribution in [0.2, 0.25) is 5.02 Å². The SMILES string of the molecule is CC(C)=CCC/C(C)=C/CC(Cc1c(O)c(Cl)c(O)c2c(O)cc(O)cc12)=C(C)C. The maximum Gasteiger partial charge on any atom is 0.149 e. The predicted molar refractivity (Wildman–Crippen MR) is 125 cm³/mol. The van der Waals surface area contributed by atoms with Crippen LogP contribution in [0.15, 0.2) is 46.6 Å². The summed E-state index contributed by atoms with van der Waals surface area (Å²) in [6, 6.07) is 2.56. The standard InChI is InChI=1S/C25H31ClO4/c1-14(2)7-6-8-16(5)9-10-17(15(3)4)11-20-19-12-18(27)13-21(28)22(19)25(30)23(26)24(20)29/h7,9,12-13,27-30H,6,8,10-11H2,1-5H3/b16-9+. The van der Waals surface area contributed by atoms with Crippen molar-refractivity contribution in [1.82, 2.24) is 0 Å². The molecule has 5 heteroatoms. The number of hydrogen-bond acceptors (Lipinski definition) is 4. The fourth-order valence-electron chi connectivity index (χ4n) is 3.41. The van der Waals surface area contributed by atoms with Crippen LogP contribution < -0.4 is 0 Å². The van der Waals surface area contributed by atoms with Gasteiger partial charge in [-0.1, -0.05) is 46.0 Å². The number of phenolic OH excluding ortho intramolecular Hbond substituents is 4. The lowest BCUT2D eigenvalue weighted by Crippen LogP contribution is -1.97. The van der Waals surface area contributed by atoms with Gasteiger partial charge in [-0.2, -0.15) is 0 Å². The summed E-state index contributed by atoms with van der Waals surface area (Å²) in [7, 11) is 0. The first-order chi connectivity index (χ1) is 14.0. The smallest absolute Gasteiger partial charge is 0.149 e. The summed E-state index contributed by atoms with van der Waals surface area (Å²) < 4.78 is 0. The number of halogens is 1. The second kappa shape index (κ2) is 9.94. The topological polar surface area (TPSA) is 80.9 Å². The monoisotopic (exact) mass is 430 g/mol. The second-order valence-electron chi connectivity index (χ2n) is 8.23. The molecule has 0 spiro atoms. The molecule has 0 radical (unpaired) electrons. The third kappa shape index (κ3) is 5.51. The van der Waals surface area contributed by atoms with Crippen LogP contribution in [0.25, 0.3) is 10.8 Å². The highest BCUT2D eigenvalue weighted by Gasteiger charge is 2.21. The Hall–Kier alpha value is -2.59. The summed E-state index contributed by atoms with van der Waals surface area (Å²) >= 11 is 6.14. The van der Waals surface area contributed by atoms with Crippen LogP contribution in [-0.2, 0) is 6.42 Å².